The predicted octanol–water partition coefficient (Wildman–Crippen LogP) is 5.63. The van der Waals surface area contributed by atoms with Crippen molar-refractivity contribution >= 4 is 0 Å². The zero-order valence-electron chi connectivity index (χ0n) is 12.8. The van der Waals surface area contributed by atoms with E-state index in [1.807, 2.05) is 0 Å². The van der Waals surface area contributed by atoms with E-state index in [0.717, 1.165) is 12.3 Å². The van der Waals surface area contributed by atoms with Crippen LogP contribution in [0, 0.1) is 5.92 Å². The zero-order chi connectivity index (χ0) is 13.6. The molecule has 0 amide bonds. The first-order chi connectivity index (χ1) is 9.43. The quantitative estimate of drug-likeness (QED) is 0.338. The van der Waals surface area contributed by atoms with Gasteiger partial charge >= 0.3 is 0 Å². The molecule has 0 aromatic rings. The predicted molar refractivity (Wildman–Crippen MR) is 84.4 cm³/mol. The van der Waals surface area contributed by atoms with E-state index >= 15 is 0 Å². The average Bonchev–Trinajstić information content (AvgIpc) is 2.93. The Morgan fingerprint density at radius 3 is 1.74 bits per heavy atom. The number of hydrogen-bond acceptors (Lipinski definition) is 1. The van der Waals surface area contributed by atoms with Crippen LogP contribution in [0.4, 0.5) is 0 Å². The monoisotopic (exact) mass is 266 g/mol. The molecule has 0 unspecified atom stereocenters. The lowest BCUT2D eigenvalue weighted by Crippen LogP contribution is -1.91. The first-order valence-electron chi connectivity index (χ1n) is 8.71. The van der Waals surface area contributed by atoms with E-state index in [9.17, 15) is 0 Å². The molecule has 0 radical (unpaired) electrons. The average molecular weight is 266 g/mol. The molecule has 0 aromatic heterocycles. The second-order valence-corrected chi connectivity index (χ2v) is 6.17. The van der Waals surface area contributed by atoms with Crippen LogP contribution in [0.5, 0.6) is 0 Å². The van der Waals surface area contributed by atoms with Crippen molar-refractivity contribution in [3.8, 4) is 0 Å². The molecule has 1 N–H and O–H groups in total. The molecule has 1 nitrogen and oxygen atoms in total. The lowest BCUT2D eigenvalue weighted by atomic mass is 9.99. The minimum atomic E-state index is 0.372. The minimum Gasteiger partial charge on any atom is -0.396 e. The van der Waals surface area contributed by atoms with Crippen molar-refractivity contribution in [1.82, 2.24) is 0 Å². The summed E-state index contributed by atoms with van der Waals surface area (Å²) in [4.78, 5) is 0. The number of allylic oxidation sites excluding steroid dienone is 2. The largest absolute Gasteiger partial charge is 0.396 e. The fourth-order valence-corrected chi connectivity index (χ4v) is 3.05. The van der Waals surface area contributed by atoms with E-state index < -0.39 is 0 Å². The fraction of sp³-hybridized carbons (Fsp3) is 0.889. The standard InChI is InChI=1S/C18H34O/c19-17-13-9-7-5-3-1-2-4-6-8-10-14-18-15-11-12-16-18/h11,15,18-19H,1-10,12-14,16-17H2/t18-/m1/s1. The van der Waals surface area contributed by atoms with Crippen molar-refractivity contribution in [1.29, 1.82) is 0 Å². The van der Waals surface area contributed by atoms with Crippen LogP contribution in [0.2, 0.25) is 0 Å². The summed E-state index contributed by atoms with van der Waals surface area (Å²) in [5.41, 5.74) is 0. The molecule has 112 valence electrons. The normalized spacial score (nSPS) is 18.3. The lowest BCUT2D eigenvalue weighted by Gasteiger charge is -2.06. The van der Waals surface area contributed by atoms with Crippen LogP contribution in [0.25, 0.3) is 0 Å². The molecule has 0 bridgehead atoms. The Balaban J connectivity index is 1.68. The molecule has 0 saturated carbocycles. The molecule has 1 atom stereocenters. The molecule has 0 fully saturated rings. The molecule has 0 aliphatic heterocycles. The van der Waals surface area contributed by atoms with Gasteiger partial charge in [-0.2, -0.15) is 0 Å². The third kappa shape index (κ3) is 10.2. The summed E-state index contributed by atoms with van der Waals surface area (Å²) < 4.78 is 0. The van der Waals surface area contributed by atoms with Gasteiger partial charge in [-0.25, -0.2) is 0 Å². The number of hydrogen-bond donors (Lipinski definition) is 1. The maximum atomic E-state index is 8.68. The summed E-state index contributed by atoms with van der Waals surface area (Å²) in [5.74, 6) is 0.916. The summed E-state index contributed by atoms with van der Waals surface area (Å²) in [7, 11) is 0. The summed E-state index contributed by atoms with van der Waals surface area (Å²) in [6, 6.07) is 0. The molecule has 1 rings (SSSR count). The van der Waals surface area contributed by atoms with E-state index in [4.69, 9.17) is 5.11 Å². The van der Waals surface area contributed by atoms with Crippen LogP contribution in [0.3, 0.4) is 0 Å². The highest BCUT2D eigenvalue weighted by Crippen LogP contribution is 2.23. The Morgan fingerprint density at radius 2 is 1.26 bits per heavy atom. The molecule has 0 saturated heterocycles. The van der Waals surface area contributed by atoms with Crippen molar-refractivity contribution in [2.24, 2.45) is 5.92 Å². The van der Waals surface area contributed by atoms with Gasteiger partial charge in [0.15, 0.2) is 0 Å². The van der Waals surface area contributed by atoms with Gasteiger partial charge in [0.1, 0.15) is 0 Å². The van der Waals surface area contributed by atoms with Crippen molar-refractivity contribution in [2.75, 3.05) is 6.61 Å². The van der Waals surface area contributed by atoms with Gasteiger partial charge in [-0.1, -0.05) is 76.4 Å². The van der Waals surface area contributed by atoms with E-state index in [-0.39, 0.29) is 0 Å². The lowest BCUT2D eigenvalue weighted by molar-refractivity contribution is 0.282. The van der Waals surface area contributed by atoms with Gasteiger partial charge in [-0.05, 0) is 31.6 Å². The number of aliphatic hydroxyl groups is 1. The van der Waals surface area contributed by atoms with Crippen LogP contribution in [0.15, 0.2) is 12.2 Å². The topological polar surface area (TPSA) is 20.2 Å². The zero-order valence-corrected chi connectivity index (χ0v) is 12.8. The number of aliphatic hydroxyl groups excluding tert-OH is 1. The Morgan fingerprint density at radius 1 is 0.737 bits per heavy atom. The maximum Gasteiger partial charge on any atom is 0.0431 e. The van der Waals surface area contributed by atoms with Gasteiger partial charge in [-0.3, -0.25) is 0 Å². The van der Waals surface area contributed by atoms with Crippen molar-refractivity contribution in [2.45, 2.75) is 89.9 Å². The third-order valence-corrected chi connectivity index (χ3v) is 4.35. The Labute approximate surface area is 120 Å². The molecule has 1 aliphatic rings. The van der Waals surface area contributed by atoms with Crippen LogP contribution in [0.1, 0.15) is 89.9 Å². The van der Waals surface area contributed by atoms with Crippen LogP contribution in [-0.2, 0) is 0 Å². The summed E-state index contributed by atoms with van der Waals surface area (Å²) >= 11 is 0. The van der Waals surface area contributed by atoms with Crippen LogP contribution < -0.4 is 0 Å². The molecule has 19 heavy (non-hydrogen) atoms. The molecule has 0 heterocycles. The SMILES string of the molecule is OCCCCCCCCCCCCC[C@@H]1C=CCC1. The first-order valence-corrected chi connectivity index (χ1v) is 8.71. The molecular weight excluding hydrogens is 232 g/mol. The molecule has 0 aromatic carbocycles. The Kier molecular flexibility index (Phi) is 11.2. The highest BCUT2D eigenvalue weighted by molar-refractivity contribution is 4.95. The summed E-state index contributed by atoms with van der Waals surface area (Å²) in [6.07, 6.45) is 23.9. The van der Waals surface area contributed by atoms with E-state index in [2.05, 4.69) is 12.2 Å². The number of rotatable bonds is 13. The smallest absolute Gasteiger partial charge is 0.0431 e. The summed E-state index contributed by atoms with van der Waals surface area (Å²) in [6.45, 7) is 0.372. The van der Waals surface area contributed by atoms with Gasteiger partial charge in [0.05, 0.1) is 0 Å². The molecule has 1 heteroatoms. The van der Waals surface area contributed by atoms with E-state index in [1.54, 1.807) is 0 Å². The molecular formula is C18H34O. The maximum absolute atomic E-state index is 8.68. The van der Waals surface area contributed by atoms with Crippen LogP contribution >= 0.6 is 0 Å². The fourth-order valence-electron chi connectivity index (χ4n) is 3.05. The number of unbranched alkanes of at least 4 members (excludes halogenated alkanes) is 10. The van der Waals surface area contributed by atoms with Crippen LogP contribution in [-0.4, -0.2) is 11.7 Å². The van der Waals surface area contributed by atoms with Crippen molar-refractivity contribution in [3.63, 3.8) is 0 Å². The van der Waals surface area contributed by atoms with Gasteiger partial charge in [0, 0.05) is 6.61 Å². The van der Waals surface area contributed by atoms with Gasteiger partial charge in [0.25, 0.3) is 0 Å². The minimum absolute atomic E-state index is 0.372. The van der Waals surface area contributed by atoms with E-state index in [1.165, 1.54) is 83.5 Å². The second kappa shape index (κ2) is 12.7. The molecule has 0 spiro atoms. The Hall–Kier alpha value is -0.300. The van der Waals surface area contributed by atoms with Gasteiger partial charge in [0.2, 0.25) is 0 Å². The second-order valence-electron chi connectivity index (χ2n) is 6.17. The molecule has 1 aliphatic carbocycles. The van der Waals surface area contributed by atoms with E-state index in [0.29, 0.717) is 6.61 Å². The summed E-state index contributed by atoms with van der Waals surface area (Å²) in [5, 5.41) is 8.68. The third-order valence-electron chi connectivity index (χ3n) is 4.35. The van der Waals surface area contributed by atoms with Crippen molar-refractivity contribution in [3.05, 3.63) is 12.2 Å². The highest BCUT2D eigenvalue weighted by atomic mass is 16.2. The Bertz CT molecular complexity index is 210. The first kappa shape index (κ1) is 16.8. The van der Waals surface area contributed by atoms with Gasteiger partial charge < -0.3 is 5.11 Å². The van der Waals surface area contributed by atoms with Crippen molar-refractivity contribution < 1.29 is 5.11 Å². The van der Waals surface area contributed by atoms with Gasteiger partial charge in [-0.15, -0.1) is 0 Å². The highest BCUT2D eigenvalue weighted by Gasteiger charge is 2.07.